The summed E-state index contributed by atoms with van der Waals surface area (Å²) in [6, 6.07) is 0.521. The van der Waals surface area contributed by atoms with Gasteiger partial charge in [-0.1, -0.05) is 13.8 Å². The van der Waals surface area contributed by atoms with Gasteiger partial charge >= 0.3 is 11.9 Å². The van der Waals surface area contributed by atoms with Crippen LogP contribution in [0.2, 0.25) is 0 Å². The molecule has 20 heavy (non-hydrogen) atoms. The van der Waals surface area contributed by atoms with E-state index in [1.54, 1.807) is 19.9 Å². The number of hydrogen-bond acceptors (Lipinski definition) is 6. The molecular weight excluding hydrogens is 266 g/mol. The fourth-order valence-corrected chi connectivity index (χ4v) is 1.19. The van der Waals surface area contributed by atoms with Gasteiger partial charge in [0.1, 0.15) is 24.2 Å². The van der Waals surface area contributed by atoms with Crippen molar-refractivity contribution in [2.24, 2.45) is 5.92 Å². The normalized spacial score (nSPS) is 12.2. The Morgan fingerprint density at radius 1 is 1.40 bits per heavy atom. The Kier molecular flexibility index (Phi) is 7.43. The van der Waals surface area contributed by atoms with Crippen LogP contribution in [0, 0.1) is 17.2 Å². The van der Waals surface area contributed by atoms with Crippen molar-refractivity contribution < 1.29 is 24.2 Å². The maximum absolute atomic E-state index is 11.7. The molecule has 0 aliphatic heterocycles. The van der Waals surface area contributed by atoms with Crippen LogP contribution in [-0.2, 0) is 19.1 Å². The second-order valence-electron chi connectivity index (χ2n) is 4.16. The van der Waals surface area contributed by atoms with Gasteiger partial charge in [0.2, 0.25) is 0 Å². The Hall–Kier alpha value is -2.56. The molecule has 8 heteroatoms. The number of carboxylic acid groups (broad SMARTS) is 1. The van der Waals surface area contributed by atoms with Gasteiger partial charge in [-0.25, -0.2) is 4.79 Å². The third-order valence-electron chi connectivity index (χ3n) is 2.30. The Morgan fingerprint density at radius 3 is 2.40 bits per heavy atom. The summed E-state index contributed by atoms with van der Waals surface area (Å²) in [5, 5.41) is 22.4. The van der Waals surface area contributed by atoms with E-state index < -0.39 is 23.9 Å². The zero-order valence-corrected chi connectivity index (χ0v) is 11.5. The molecule has 0 saturated carbocycles. The van der Waals surface area contributed by atoms with Crippen LogP contribution in [0.5, 0.6) is 0 Å². The number of carboxylic acids is 1. The molecule has 0 radical (unpaired) electrons. The number of methoxy groups -OCH3 is 1. The molecule has 8 nitrogen and oxygen atoms in total. The molecule has 0 bridgehead atoms. The first-order chi connectivity index (χ1) is 9.33. The van der Waals surface area contributed by atoms with Crippen LogP contribution in [0.15, 0.2) is 11.8 Å². The van der Waals surface area contributed by atoms with Crippen LogP contribution in [0.3, 0.4) is 0 Å². The summed E-state index contributed by atoms with van der Waals surface area (Å²) in [7, 11) is 1.20. The number of hydrogen-bond donors (Lipinski definition) is 3. The van der Waals surface area contributed by atoms with E-state index in [1.165, 1.54) is 7.11 Å². The van der Waals surface area contributed by atoms with Crippen molar-refractivity contribution in [3.63, 3.8) is 0 Å². The monoisotopic (exact) mass is 283 g/mol. The third-order valence-corrected chi connectivity index (χ3v) is 2.30. The number of esters is 1. The molecule has 0 heterocycles. The highest BCUT2D eigenvalue weighted by atomic mass is 16.5. The molecule has 0 aliphatic rings. The number of aliphatic carboxylic acids is 1. The molecular formula is C12H17N3O5. The molecule has 0 aliphatic carbocycles. The average Bonchev–Trinajstić information content (AvgIpc) is 2.39. The van der Waals surface area contributed by atoms with Crippen molar-refractivity contribution in [2.75, 3.05) is 13.7 Å². The van der Waals surface area contributed by atoms with Gasteiger partial charge in [-0.2, -0.15) is 5.26 Å². The summed E-state index contributed by atoms with van der Waals surface area (Å²) in [5.41, 5.74) is -0.333. The molecule has 0 fully saturated rings. The first kappa shape index (κ1) is 17.4. The van der Waals surface area contributed by atoms with E-state index >= 15 is 0 Å². The molecule has 0 rings (SSSR count). The summed E-state index contributed by atoms with van der Waals surface area (Å²) in [4.78, 5) is 33.5. The van der Waals surface area contributed by atoms with Crippen molar-refractivity contribution in [2.45, 2.75) is 19.9 Å². The van der Waals surface area contributed by atoms with Gasteiger partial charge in [0, 0.05) is 6.20 Å². The van der Waals surface area contributed by atoms with Gasteiger partial charge in [-0.15, -0.1) is 0 Å². The molecule has 0 saturated heterocycles. The minimum absolute atomic E-state index is 0.207. The topological polar surface area (TPSA) is 129 Å². The van der Waals surface area contributed by atoms with E-state index in [4.69, 9.17) is 10.4 Å². The Labute approximate surface area is 116 Å². The smallest absolute Gasteiger partial charge is 0.326 e. The van der Waals surface area contributed by atoms with Crippen LogP contribution in [0.4, 0.5) is 0 Å². The van der Waals surface area contributed by atoms with Gasteiger partial charge in [0.15, 0.2) is 0 Å². The fourth-order valence-electron chi connectivity index (χ4n) is 1.19. The molecule has 1 amide bonds. The van der Waals surface area contributed by atoms with Gasteiger partial charge < -0.3 is 20.5 Å². The zero-order chi connectivity index (χ0) is 15.7. The minimum Gasteiger partial charge on any atom is -0.480 e. The van der Waals surface area contributed by atoms with Crippen molar-refractivity contribution in [3.8, 4) is 6.07 Å². The number of nitrogens with one attached hydrogen (secondary N) is 2. The zero-order valence-electron chi connectivity index (χ0n) is 11.5. The standard InChI is InChI=1S/C12H17N3O5/c1-7(2)10(12(18)19)15-11(17)8(4-13)5-14-6-9(16)20-3/h5,7,10,14H,6H2,1-3H3,(H,15,17)(H,18,19)/b8-5-. The SMILES string of the molecule is COC(=O)CN/C=C(/C#N)C(=O)NC(C(=O)O)C(C)C. The molecule has 0 aromatic carbocycles. The van der Waals surface area contributed by atoms with E-state index in [1.807, 2.05) is 0 Å². The van der Waals surface area contributed by atoms with E-state index in [0.29, 0.717) is 0 Å². The van der Waals surface area contributed by atoms with Crippen LogP contribution in [0.25, 0.3) is 0 Å². The summed E-state index contributed by atoms with van der Waals surface area (Å²) < 4.78 is 4.36. The largest absolute Gasteiger partial charge is 0.480 e. The van der Waals surface area contributed by atoms with E-state index in [2.05, 4.69) is 15.4 Å². The number of nitrogens with zero attached hydrogens (tertiary/aromatic N) is 1. The minimum atomic E-state index is -1.19. The van der Waals surface area contributed by atoms with E-state index in [9.17, 15) is 14.4 Å². The lowest BCUT2D eigenvalue weighted by Gasteiger charge is -2.17. The van der Waals surface area contributed by atoms with Crippen molar-refractivity contribution in [1.29, 1.82) is 5.26 Å². The van der Waals surface area contributed by atoms with E-state index in [-0.39, 0.29) is 18.0 Å². The van der Waals surface area contributed by atoms with Gasteiger partial charge in [0.05, 0.1) is 7.11 Å². The highest BCUT2D eigenvalue weighted by molar-refractivity contribution is 5.99. The van der Waals surface area contributed by atoms with Crippen LogP contribution < -0.4 is 10.6 Å². The van der Waals surface area contributed by atoms with Gasteiger partial charge in [0.25, 0.3) is 5.91 Å². The van der Waals surface area contributed by atoms with Crippen molar-refractivity contribution in [1.82, 2.24) is 10.6 Å². The van der Waals surface area contributed by atoms with Gasteiger partial charge in [-0.05, 0) is 5.92 Å². The van der Waals surface area contributed by atoms with Crippen LogP contribution in [0.1, 0.15) is 13.8 Å². The van der Waals surface area contributed by atoms with Crippen LogP contribution >= 0.6 is 0 Å². The molecule has 110 valence electrons. The number of rotatable bonds is 7. The Morgan fingerprint density at radius 2 is 2.00 bits per heavy atom. The number of nitriles is 1. The van der Waals surface area contributed by atoms with Crippen LogP contribution in [-0.4, -0.2) is 42.6 Å². The summed E-state index contributed by atoms with van der Waals surface area (Å²) in [6.07, 6.45) is 1.03. The number of carbonyl (C=O) groups excluding carboxylic acids is 2. The van der Waals surface area contributed by atoms with Crippen molar-refractivity contribution in [3.05, 3.63) is 11.8 Å². The molecule has 0 spiro atoms. The molecule has 0 aromatic heterocycles. The Balaban J connectivity index is 4.70. The summed E-state index contributed by atoms with van der Waals surface area (Å²) in [6.45, 7) is 3.05. The molecule has 1 atom stereocenters. The highest BCUT2D eigenvalue weighted by Crippen LogP contribution is 2.03. The molecule has 3 N–H and O–H groups in total. The lowest BCUT2D eigenvalue weighted by Crippen LogP contribution is -2.44. The molecule has 1 unspecified atom stereocenters. The second-order valence-corrected chi connectivity index (χ2v) is 4.16. The van der Waals surface area contributed by atoms with E-state index in [0.717, 1.165) is 6.20 Å². The number of ether oxygens (including phenoxy) is 1. The first-order valence-corrected chi connectivity index (χ1v) is 5.77. The quantitative estimate of drug-likeness (QED) is 0.322. The number of carbonyl (C=O) groups is 3. The average molecular weight is 283 g/mol. The van der Waals surface area contributed by atoms with Gasteiger partial charge in [-0.3, -0.25) is 9.59 Å². The molecule has 0 aromatic rings. The fraction of sp³-hybridized carbons (Fsp3) is 0.500. The Bertz CT molecular complexity index is 450. The lowest BCUT2D eigenvalue weighted by molar-refractivity contribution is -0.142. The summed E-state index contributed by atoms with van der Waals surface area (Å²) in [5.74, 6) is -2.91. The maximum atomic E-state index is 11.7. The van der Waals surface area contributed by atoms with Crippen molar-refractivity contribution >= 4 is 17.8 Å². The maximum Gasteiger partial charge on any atom is 0.326 e. The highest BCUT2D eigenvalue weighted by Gasteiger charge is 2.24. The predicted molar refractivity (Wildman–Crippen MR) is 68.1 cm³/mol. The lowest BCUT2D eigenvalue weighted by atomic mass is 10.0. The number of amides is 1. The second kappa shape index (κ2) is 8.53. The summed E-state index contributed by atoms with van der Waals surface area (Å²) >= 11 is 0. The first-order valence-electron chi connectivity index (χ1n) is 5.77. The predicted octanol–water partition coefficient (Wildman–Crippen LogP) is -0.618. The third kappa shape index (κ3) is 5.86.